The molecule has 48 heavy (non-hydrogen) atoms. The van der Waals surface area contributed by atoms with Crippen LogP contribution >= 0.6 is 23.2 Å². The fourth-order valence-corrected chi connectivity index (χ4v) is 7.83. The normalized spacial score (nSPS) is 14.5. The van der Waals surface area contributed by atoms with Crippen LogP contribution in [-0.2, 0) is 30.1 Å². The number of ether oxygens (including phenoxy) is 2. The third-order valence-electron chi connectivity index (χ3n) is 8.54. The SMILES string of the molecule is CCC(C)(Cl)c1ccc(S(=O)(=O)c2ccc(Oc3ccc(OC(C)(CC)c4ccc(S(=O)(=O)c5ccc(Cl)cc5)cc4)cc3)cc2)cc1. The van der Waals surface area contributed by atoms with Gasteiger partial charge in [-0.2, -0.15) is 0 Å². The largest absolute Gasteiger partial charge is 0.483 e. The van der Waals surface area contributed by atoms with Crippen molar-refractivity contribution in [2.45, 2.75) is 70.6 Å². The van der Waals surface area contributed by atoms with E-state index in [0.717, 1.165) is 11.1 Å². The maximum absolute atomic E-state index is 13.2. The molecule has 0 aliphatic heterocycles. The van der Waals surface area contributed by atoms with Crippen molar-refractivity contribution in [2.75, 3.05) is 0 Å². The molecule has 2 unspecified atom stereocenters. The fraction of sp³-hybridized carbons (Fsp3) is 0.211. The van der Waals surface area contributed by atoms with Crippen molar-refractivity contribution in [1.82, 2.24) is 0 Å². The number of alkyl halides is 1. The maximum atomic E-state index is 13.2. The van der Waals surface area contributed by atoms with Crippen LogP contribution in [-0.4, -0.2) is 16.8 Å². The first kappa shape index (κ1) is 35.5. The predicted molar refractivity (Wildman–Crippen MR) is 190 cm³/mol. The van der Waals surface area contributed by atoms with Crippen molar-refractivity contribution >= 4 is 42.9 Å². The van der Waals surface area contributed by atoms with E-state index in [1.807, 2.05) is 27.7 Å². The summed E-state index contributed by atoms with van der Waals surface area (Å²) in [7, 11) is -7.41. The van der Waals surface area contributed by atoms with E-state index in [0.29, 0.717) is 35.1 Å². The number of rotatable bonds is 12. The second kappa shape index (κ2) is 14.0. The number of sulfone groups is 2. The average molecular weight is 724 g/mol. The monoisotopic (exact) mass is 722 g/mol. The summed E-state index contributed by atoms with van der Waals surface area (Å²) in [5.74, 6) is 1.62. The second-order valence-corrected chi connectivity index (χ2v) is 17.0. The molecule has 0 aromatic heterocycles. The molecule has 0 heterocycles. The molecule has 250 valence electrons. The molecular weight excluding hydrogens is 687 g/mol. The first-order valence-corrected chi connectivity index (χ1v) is 19.1. The zero-order valence-corrected chi connectivity index (χ0v) is 30.1. The first-order valence-electron chi connectivity index (χ1n) is 15.4. The van der Waals surface area contributed by atoms with Gasteiger partial charge in [0.15, 0.2) is 0 Å². The fourth-order valence-electron chi connectivity index (χ4n) is 5.05. The molecule has 5 aromatic rings. The highest BCUT2D eigenvalue weighted by Crippen LogP contribution is 2.35. The van der Waals surface area contributed by atoms with Gasteiger partial charge >= 0.3 is 0 Å². The van der Waals surface area contributed by atoms with Crippen molar-refractivity contribution in [3.8, 4) is 17.2 Å². The van der Waals surface area contributed by atoms with Gasteiger partial charge in [0.2, 0.25) is 19.7 Å². The first-order chi connectivity index (χ1) is 22.7. The molecule has 0 saturated carbocycles. The summed E-state index contributed by atoms with van der Waals surface area (Å²) in [4.78, 5) is 0.146. The molecule has 5 aromatic carbocycles. The molecule has 10 heteroatoms. The minimum Gasteiger partial charge on any atom is -0.483 e. The van der Waals surface area contributed by atoms with E-state index < -0.39 is 30.1 Å². The molecule has 0 spiro atoms. The van der Waals surface area contributed by atoms with E-state index in [4.69, 9.17) is 32.7 Å². The minimum atomic E-state index is -3.72. The third kappa shape index (κ3) is 7.57. The Kier molecular flexibility index (Phi) is 10.3. The van der Waals surface area contributed by atoms with E-state index in [-0.39, 0.29) is 19.6 Å². The summed E-state index contributed by atoms with van der Waals surface area (Å²) >= 11 is 12.5. The van der Waals surface area contributed by atoms with Crippen LogP contribution in [0.3, 0.4) is 0 Å². The Bertz CT molecular complexity index is 2080. The van der Waals surface area contributed by atoms with Gasteiger partial charge in [-0.1, -0.05) is 49.7 Å². The lowest BCUT2D eigenvalue weighted by atomic mass is 9.93. The van der Waals surface area contributed by atoms with Crippen molar-refractivity contribution in [1.29, 1.82) is 0 Å². The van der Waals surface area contributed by atoms with E-state index >= 15 is 0 Å². The van der Waals surface area contributed by atoms with Gasteiger partial charge in [0.1, 0.15) is 22.8 Å². The van der Waals surface area contributed by atoms with Gasteiger partial charge < -0.3 is 9.47 Å². The molecule has 0 N–H and O–H groups in total. The molecule has 2 atom stereocenters. The zero-order chi connectivity index (χ0) is 34.7. The van der Waals surface area contributed by atoms with Gasteiger partial charge in [0, 0.05) is 5.02 Å². The lowest BCUT2D eigenvalue weighted by Crippen LogP contribution is -2.28. The van der Waals surface area contributed by atoms with Gasteiger partial charge in [0.25, 0.3) is 0 Å². The molecule has 6 nitrogen and oxygen atoms in total. The molecule has 0 aliphatic carbocycles. The molecule has 0 bridgehead atoms. The predicted octanol–water partition coefficient (Wildman–Crippen LogP) is 10.4. The lowest BCUT2D eigenvalue weighted by molar-refractivity contribution is 0.0825. The number of hydrogen-bond acceptors (Lipinski definition) is 6. The summed E-state index contributed by atoms with van der Waals surface area (Å²) in [5, 5.41) is 0.465. The highest BCUT2D eigenvalue weighted by atomic mass is 35.5. The summed E-state index contributed by atoms with van der Waals surface area (Å²) in [6.07, 6.45) is 1.34. The van der Waals surface area contributed by atoms with Crippen molar-refractivity contribution in [3.05, 3.63) is 137 Å². The lowest BCUT2D eigenvalue weighted by Gasteiger charge is -2.30. The summed E-state index contributed by atoms with van der Waals surface area (Å²) in [6.45, 7) is 7.83. The van der Waals surface area contributed by atoms with Gasteiger partial charge in [-0.05, 0) is 135 Å². The standard InChI is InChI=1S/C38H36Cl2O6S2/c1-5-37(3,40)27-7-19-33(20-8-27)48(43,44)36-25-17-31(18-26-36)45-30-13-15-32(16-14-30)46-38(4,6-2)28-9-21-34(22-10-28)47(41,42)35-23-11-29(39)12-24-35/h7-26H,5-6H2,1-4H3. The Morgan fingerprint density at radius 3 is 1.29 bits per heavy atom. The van der Waals surface area contributed by atoms with Crippen molar-refractivity contribution < 1.29 is 26.3 Å². The van der Waals surface area contributed by atoms with Crippen LogP contribution in [0.25, 0.3) is 0 Å². The third-order valence-corrected chi connectivity index (χ3v) is 12.8. The Morgan fingerprint density at radius 1 is 0.521 bits per heavy atom. The summed E-state index contributed by atoms with van der Waals surface area (Å²) in [6, 6.07) is 32.8. The minimum absolute atomic E-state index is 0.157. The van der Waals surface area contributed by atoms with Crippen LogP contribution in [0.2, 0.25) is 5.02 Å². The van der Waals surface area contributed by atoms with Gasteiger partial charge in [-0.15, -0.1) is 11.6 Å². The van der Waals surface area contributed by atoms with E-state index in [2.05, 4.69) is 0 Å². The molecular formula is C38H36Cl2O6S2. The molecule has 0 amide bonds. The van der Waals surface area contributed by atoms with E-state index in [9.17, 15) is 16.8 Å². The topological polar surface area (TPSA) is 86.7 Å². The van der Waals surface area contributed by atoms with E-state index in [1.54, 1.807) is 97.1 Å². The Morgan fingerprint density at radius 2 is 0.875 bits per heavy atom. The van der Waals surface area contributed by atoms with Crippen molar-refractivity contribution in [2.24, 2.45) is 0 Å². The molecule has 0 fully saturated rings. The highest BCUT2D eigenvalue weighted by molar-refractivity contribution is 7.91. The number of benzene rings is 5. The molecule has 5 rings (SSSR count). The Balaban J connectivity index is 1.25. The molecule has 0 radical (unpaired) electrons. The van der Waals surface area contributed by atoms with Crippen LogP contribution in [0.5, 0.6) is 17.2 Å². The number of hydrogen-bond donors (Lipinski definition) is 0. The highest BCUT2D eigenvalue weighted by Gasteiger charge is 2.28. The van der Waals surface area contributed by atoms with Crippen LogP contribution in [0.4, 0.5) is 0 Å². The second-order valence-electron chi connectivity index (χ2n) is 11.8. The number of halogens is 2. The van der Waals surface area contributed by atoms with E-state index in [1.165, 1.54) is 24.3 Å². The van der Waals surface area contributed by atoms with Crippen LogP contribution in [0.1, 0.15) is 51.7 Å². The summed E-state index contributed by atoms with van der Waals surface area (Å²) < 4.78 is 65.0. The Labute approximate surface area is 293 Å². The van der Waals surface area contributed by atoms with Gasteiger partial charge in [-0.25, -0.2) is 16.8 Å². The van der Waals surface area contributed by atoms with Gasteiger partial charge in [0.05, 0.1) is 24.5 Å². The molecule has 0 saturated heterocycles. The summed E-state index contributed by atoms with van der Waals surface area (Å²) in [5.41, 5.74) is 0.958. The average Bonchev–Trinajstić information content (AvgIpc) is 3.09. The zero-order valence-electron chi connectivity index (χ0n) is 27.0. The molecule has 0 aliphatic rings. The van der Waals surface area contributed by atoms with Gasteiger partial charge in [-0.3, -0.25) is 0 Å². The smallest absolute Gasteiger partial charge is 0.206 e. The van der Waals surface area contributed by atoms with Crippen molar-refractivity contribution in [3.63, 3.8) is 0 Å². The van der Waals surface area contributed by atoms with Crippen LogP contribution < -0.4 is 9.47 Å². The maximum Gasteiger partial charge on any atom is 0.206 e. The Hall–Kier alpha value is -3.82. The quantitative estimate of drug-likeness (QED) is 0.119. The van der Waals surface area contributed by atoms with Crippen LogP contribution in [0.15, 0.2) is 141 Å². The van der Waals surface area contributed by atoms with Crippen LogP contribution in [0, 0.1) is 0 Å².